The second-order valence-corrected chi connectivity index (χ2v) is 7.91. The number of nitrogens with zero attached hydrogens (tertiary/aromatic N) is 1. The molecule has 0 aliphatic rings. The highest BCUT2D eigenvalue weighted by atomic mass is 127. The molecule has 0 heterocycles. The van der Waals surface area contributed by atoms with Gasteiger partial charge in [-0.1, -0.05) is 26.0 Å². The lowest BCUT2D eigenvalue weighted by Gasteiger charge is -2.20. The van der Waals surface area contributed by atoms with E-state index in [1.54, 1.807) is 25.2 Å². The van der Waals surface area contributed by atoms with Crippen LogP contribution in [0.1, 0.15) is 26.3 Å². The van der Waals surface area contributed by atoms with Crippen molar-refractivity contribution in [1.82, 2.24) is 15.4 Å². The van der Waals surface area contributed by atoms with E-state index < -0.39 is 10.0 Å². The number of benzene rings is 1. The lowest BCUT2D eigenvalue weighted by Crippen LogP contribution is -2.43. The van der Waals surface area contributed by atoms with E-state index in [0.29, 0.717) is 25.0 Å². The Morgan fingerprint density at radius 2 is 1.96 bits per heavy atom. The standard InChI is InChI=1S/C17H30N4O3S.HI/c1-13(2)14(3)21-17(18-4)19-12-15-7-6-8-16(11-15)25(22,23)20-9-10-24-5;/h6-8,11,13-14,20H,9-10,12H2,1-5H3,(H2,18,19,21);1H. The molecule has 7 nitrogen and oxygen atoms in total. The van der Waals surface area contributed by atoms with Crippen LogP contribution in [-0.4, -0.2) is 47.7 Å². The summed E-state index contributed by atoms with van der Waals surface area (Å²) in [6.45, 7) is 7.41. The smallest absolute Gasteiger partial charge is 0.240 e. The summed E-state index contributed by atoms with van der Waals surface area (Å²) in [7, 11) is -0.292. The van der Waals surface area contributed by atoms with Crippen LogP contribution < -0.4 is 15.4 Å². The molecular weight excluding hydrogens is 467 g/mol. The lowest BCUT2D eigenvalue weighted by atomic mass is 10.1. The topological polar surface area (TPSA) is 91.8 Å². The summed E-state index contributed by atoms with van der Waals surface area (Å²) >= 11 is 0. The van der Waals surface area contributed by atoms with Crippen molar-refractivity contribution in [1.29, 1.82) is 0 Å². The number of halogens is 1. The number of ether oxygens (including phenoxy) is 1. The molecule has 0 aliphatic carbocycles. The van der Waals surface area contributed by atoms with Crippen molar-refractivity contribution in [3.05, 3.63) is 29.8 Å². The molecule has 3 N–H and O–H groups in total. The monoisotopic (exact) mass is 498 g/mol. The van der Waals surface area contributed by atoms with Crippen molar-refractivity contribution >= 4 is 40.0 Å². The molecule has 1 atom stereocenters. The average Bonchev–Trinajstić information content (AvgIpc) is 2.58. The summed E-state index contributed by atoms with van der Waals surface area (Å²) in [5.41, 5.74) is 0.856. The summed E-state index contributed by atoms with van der Waals surface area (Å²) in [5.74, 6) is 1.16. The van der Waals surface area contributed by atoms with Gasteiger partial charge >= 0.3 is 0 Å². The summed E-state index contributed by atoms with van der Waals surface area (Å²) in [6, 6.07) is 7.12. The highest BCUT2D eigenvalue weighted by Crippen LogP contribution is 2.11. The zero-order valence-corrected chi connectivity index (χ0v) is 19.2. The number of guanidine groups is 1. The highest BCUT2D eigenvalue weighted by Gasteiger charge is 2.14. The molecule has 1 rings (SSSR count). The van der Waals surface area contributed by atoms with E-state index in [0.717, 1.165) is 5.56 Å². The minimum atomic E-state index is -3.53. The van der Waals surface area contributed by atoms with E-state index in [-0.39, 0.29) is 41.5 Å². The molecule has 26 heavy (non-hydrogen) atoms. The first-order chi connectivity index (χ1) is 11.8. The number of sulfonamides is 1. The normalized spacial score (nSPS) is 13.2. The fourth-order valence-electron chi connectivity index (χ4n) is 1.95. The minimum Gasteiger partial charge on any atom is -0.383 e. The molecule has 0 bridgehead atoms. The number of methoxy groups -OCH3 is 1. The first kappa shape index (κ1) is 25.1. The van der Waals surface area contributed by atoms with Crippen LogP contribution >= 0.6 is 24.0 Å². The largest absolute Gasteiger partial charge is 0.383 e. The third kappa shape index (κ3) is 8.65. The predicted octanol–water partition coefficient (Wildman–Crippen LogP) is 1.94. The third-order valence-electron chi connectivity index (χ3n) is 3.85. The maximum Gasteiger partial charge on any atom is 0.240 e. The second-order valence-electron chi connectivity index (χ2n) is 6.14. The fourth-order valence-corrected chi connectivity index (χ4v) is 3.03. The second kappa shape index (κ2) is 12.5. The van der Waals surface area contributed by atoms with Gasteiger partial charge in [-0.15, -0.1) is 24.0 Å². The number of rotatable bonds is 9. The predicted molar refractivity (Wildman–Crippen MR) is 117 cm³/mol. The van der Waals surface area contributed by atoms with Gasteiger partial charge < -0.3 is 15.4 Å². The molecule has 0 radical (unpaired) electrons. The van der Waals surface area contributed by atoms with Crippen LogP contribution in [0.2, 0.25) is 0 Å². The number of hydrogen-bond acceptors (Lipinski definition) is 4. The Kier molecular flexibility index (Phi) is 12.0. The Balaban J connectivity index is 0.00000625. The molecule has 150 valence electrons. The Hall–Kier alpha value is -0.910. The maximum absolute atomic E-state index is 12.3. The highest BCUT2D eigenvalue weighted by molar-refractivity contribution is 14.0. The molecule has 0 saturated heterocycles. The SMILES string of the molecule is CN=C(NCc1cccc(S(=O)(=O)NCCOC)c1)NC(C)C(C)C.I. The van der Waals surface area contributed by atoms with E-state index in [4.69, 9.17) is 4.74 Å². The van der Waals surface area contributed by atoms with E-state index in [9.17, 15) is 8.42 Å². The molecule has 0 saturated carbocycles. The van der Waals surface area contributed by atoms with Gasteiger partial charge in [0.1, 0.15) is 0 Å². The molecule has 9 heteroatoms. The lowest BCUT2D eigenvalue weighted by molar-refractivity contribution is 0.204. The van der Waals surface area contributed by atoms with Crippen LogP contribution in [0.4, 0.5) is 0 Å². The molecule has 1 aromatic rings. The van der Waals surface area contributed by atoms with Crippen molar-refractivity contribution in [2.75, 3.05) is 27.3 Å². The first-order valence-electron chi connectivity index (χ1n) is 8.35. The van der Waals surface area contributed by atoms with E-state index in [1.807, 2.05) is 6.07 Å². The van der Waals surface area contributed by atoms with Gasteiger partial charge in [0, 0.05) is 33.3 Å². The molecule has 1 aromatic carbocycles. The third-order valence-corrected chi connectivity index (χ3v) is 5.31. The Labute approximate surface area is 174 Å². The van der Waals surface area contributed by atoms with Crippen LogP contribution in [0.3, 0.4) is 0 Å². The zero-order chi connectivity index (χ0) is 18.9. The van der Waals surface area contributed by atoms with Gasteiger partial charge in [0.2, 0.25) is 10.0 Å². The van der Waals surface area contributed by atoms with Gasteiger partial charge in [0.05, 0.1) is 11.5 Å². The van der Waals surface area contributed by atoms with E-state index >= 15 is 0 Å². The molecular formula is C17H31IN4O3S. The number of nitrogens with one attached hydrogen (secondary N) is 3. The van der Waals surface area contributed by atoms with Gasteiger partial charge in [0.15, 0.2) is 5.96 Å². The summed E-state index contributed by atoms with van der Waals surface area (Å²) < 4.78 is 31.9. The Morgan fingerprint density at radius 3 is 2.54 bits per heavy atom. The van der Waals surface area contributed by atoms with Gasteiger partial charge in [0.25, 0.3) is 0 Å². The molecule has 0 fully saturated rings. The van der Waals surface area contributed by atoms with Crippen molar-refractivity contribution < 1.29 is 13.2 Å². The van der Waals surface area contributed by atoms with Crippen LogP contribution in [0.15, 0.2) is 34.2 Å². The van der Waals surface area contributed by atoms with Crippen molar-refractivity contribution in [3.8, 4) is 0 Å². The number of hydrogen-bond donors (Lipinski definition) is 3. The van der Waals surface area contributed by atoms with Crippen molar-refractivity contribution in [2.45, 2.75) is 38.3 Å². The van der Waals surface area contributed by atoms with Gasteiger partial charge in [-0.2, -0.15) is 0 Å². The number of aliphatic imine (C=N–C) groups is 1. The van der Waals surface area contributed by atoms with Crippen LogP contribution in [-0.2, 0) is 21.3 Å². The summed E-state index contributed by atoms with van der Waals surface area (Å²) in [5, 5.41) is 6.52. The summed E-state index contributed by atoms with van der Waals surface area (Å²) in [6.07, 6.45) is 0. The Bertz CT molecular complexity index is 666. The average molecular weight is 498 g/mol. The van der Waals surface area contributed by atoms with Crippen molar-refractivity contribution in [2.24, 2.45) is 10.9 Å². The molecule has 0 aromatic heterocycles. The zero-order valence-electron chi connectivity index (χ0n) is 16.1. The summed E-state index contributed by atoms with van der Waals surface area (Å²) in [4.78, 5) is 4.43. The molecule has 0 spiro atoms. The van der Waals surface area contributed by atoms with Crippen LogP contribution in [0.5, 0.6) is 0 Å². The first-order valence-corrected chi connectivity index (χ1v) is 9.83. The van der Waals surface area contributed by atoms with E-state index in [1.165, 1.54) is 7.11 Å². The molecule has 1 unspecified atom stereocenters. The Morgan fingerprint density at radius 1 is 1.27 bits per heavy atom. The van der Waals surface area contributed by atoms with Gasteiger partial charge in [-0.05, 0) is 30.5 Å². The van der Waals surface area contributed by atoms with Gasteiger partial charge in [-0.25, -0.2) is 13.1 Å². The van der Waals surface area contributed by atoms with Gasteiger partial charge in [-0.3, -0.25) is 4.99 Å². The van der Waals surface area contributed by atoms with E-state index in [2.05, 4.69) is 41.1 Å². The fraction of sp³-hybridized carbons (Fsp3) is 0.588. The quantitative estimate of drug-likeness (QED) is 0.210. The molecule has 0 aliphatic heterocycles. The van der Waals surface area contributed by atoms with Crippen LogP contribution in [0, 0.1) is 5.92 Å². The van der Waals surface area contributed by atoms with Crippen molar-refractivity contribution in [3.63, 3.8) is 0 Å². The molecule has 0 amide bonds. The van der Waals surface area contributed by atoms with Crippen LogP contribution in [0.25, 0.3) is 0 Å². The maximum atomic E-state index is 12.3. The minimum absolute atomic E-state index is 0.